The van der Waals surface area contributed by atoms with Crippen LogP contribution in [0.1, 0.15) is 38.9 Å². The Morgan fingerprint density at radius 1 is 1.33 bits per heavy atom. The van der Waals surface area contributed by atoms with Crippen molar-refractivity contribution in [1.82, 2.24) is 5.16 Å². The molecule has 1 aliphatic rings. The van der Waals surface area contributed by atoms with Crippen molar-refractivity contribution in [3.8, 4) is 16.9 Å². The van der Waals surface area contributed by atoms with Crippen LogP contribution in [-0.2, 0) is 0 Å². The van der Waals surface area contributed by atoms with E-state index in [9.17, 15) is 0 Å². The van der Waals surface area contributed by atoms with Crippen LogP contribution in [0.5, 0.6) is 5.75 Å². The van der Waals surface area contributed by atoms with E-state index in [0.29, 0.717) is 23.6 Å². The predicted octanol–water partition coefficient (Wildman–Crippen LogP) is 4.08. The molecule has 0 saturated heterocycles. The first kappa shape index (κ1) is 14.0. The molecule has 1 saturated carbocycles. The first-order chi connectivity index (χ1) is 10.1. The fraction of sp³-hybridized carbons (Fsp3) is 0.471. The summed E-state index contributed by atoms with van der Waals surface area (Å²) in [5.74, 6) is 3.91. The van der Waals surface area contributed by atoms with Crippen molar-refractivity contribution < 1.29 is 9.26 Å². The zero-order valence-corrected chi connectivity index (χ0v) is 12.8. The van der Waals surface area contributed by atoms with E-state index in [1.165, 1.54) is 0 Å². The van der Waals surface area contributed by atoms with Gasteiger partial charge < -0.3 is 15.0 Å². The summed E-state index contributed by atoms with van der Waals surface area (Å²) in [6, 6.07) is 8.00. The topological polar surface area (TPSA) is 61.3 Å². The number of aromatic nitrogens is 1. The Balaban J connectivity index is 1.82. The molecule has 0 aliphatic heterocycles. The van der Waals surface area contributed by atoms with Crippen molar-refractivity contribution >= 4 is 5.82 Å². The second kappa shape index (κ2) is 5.43. The SMILES string of the molecule is CC(C)COc1ccc(-c2c(N)noc2C2CC2C)cc1. The monoisotopic (exact) mass is 286 g/mol. The number of ether oxygens (including phenoxy) is 1. The molecule has 0 radical (unpaired) electrons. The van der Waals surface area contributed by atoms with Crippen LogP contribution in [-0.4, -0.2) is 11.8 Å². The van der Waals surface area contributed by atoms with E-state index < -0.39 is 0 Å². The third-order valence-corrected chi connectivity index (χ3v) is 3.92. The first-order valence-electron chi connectivity index (χ1n) is 7.54. The Morgan fingerprint density at radius 2 is 2.00 bits per heavy atom. The van der Waals surface area contributed by atoms with Gasteiger partial charge in [-0.05, 0) is 36.0 Å². The highest BCUT2D eigenvalue weighted by molar-refractivity contribution is 5.76. The Kier molecular flexibility index (Phi) is 3.62. The maximum Gasteiger partial charge on any atom is 0.175 e. The summed E-state index contributed by atoms with van der Waals surface area (Å²) >= 11 is 0. The van der Waals surface area contributed by atoms with Crippen molar-refractivity contribution in [3.63, 3.8) is 0 Å². The normalized spacial score (nSPS) is 20.8. The van der Waals surface area contributed by atoms with Crippen molar-refractivity contribution in [2.45, 2.75) is 33.1 Å². The number of benzene rings is 1. The molecule has 4 heteroatoms. The number of rotatable bonds is 5. The van der Waals surface area contributed by atoms with Crippen LogP contribution in [0, 0.1) is 11.8 Å². The highest BCUT2D eigenvalue weighted by atomic mass is 16.5. The van der Waals surface area contributed by atoms with Crippen LogP contribution >= 0.6 is 0 Å². The minimum atomic E-state index is 0.460. The summed E-state index contributed by atoms with van der Waals surface area (Å²) < 4.78 is 11.2. The molecule has 0 bridgehead atoms. The van der Waals surface area contributed by atoms with E-state index in [0.717, 1.165) is 35.7 Å². The molecule has 4 nitrogen and oxygen atoms in total. The molecule has 1 heterocycles. The van der Waals surface area contributed by atoms with Gasteiger partial charge in [-0.2, -0.15) is 0 Å². The highest BCUT2D eigenvalue weighted by Gasteiger charge is 2.40. The fourth-order valence-corrected chi connectivity index (χ4v) is 2.53. The van der Waals surface area contributed by atoms with E-state index in [4.69, 9.17) is 15.0 Å². The minimum Gasteiger partial charge on any atom is -0.493 e. The maximum atomic E-state index is 5.98. The largest absolute Gasteiger partial charge is 0.493 e. The van der Waals surface area contributed by atoms with Gasteiger partial charge in [0.15, 0.2) is 5.82 Å². The van der Waals surface area contributed by atoms with Crippen molar-refractivity contribution in [3.05, 3.63) is 30.0 Å². The van der Waals surface area contributed by atoms with Crippen LogP contribution in [0.25, 0.3) is 11.1 Å². The van der Waals surface area contributed by atoms with Gasteiger partial charge in [-0.1, -0.05) is 38.1 Å². The molecule has 2 atom stereocenters. The Labute approximate surface area is 125 Å². The van der Waals surface area contributed by atoms with Crippen LogP contribution in [0.2, 0.25) is 0 Å². The first-order valence-corrected chi connectivity index (χ1v) is 7.54. The van der Waals surface area contributed by atoms with Crippen LogP contribution in [0.15, 0.2) is 28.8 Å². The molecular weight excluding hydrogens is 264 g/mol. The predicted molar refractivity (Wildman–Crippen MR) is 83.2 cm³/mol. The smallest absolute Gasteiger partial charge is 0.175 e. The van der Waals surface area contributed by atoms with Gasteiger partial charge in [0.05, 0.1) is 12.2 Å². The third kappa shape index (κ3) is 2.89. The van der Waals surface area contributed by atoms with E-state index >= 15 is 0 Å². The Hall–Kier alpha value is -1.97. The van der Waals surface area contributed by atoms with Crippen LogP contribution in [0.4, 0.5) is 5.82 Å². The molecule has 2 unspecified atom stereocenters. The van der Waals surface area contributed by atoms with Crippen molar-refractivity contribution in [2.24, 2.45) is 11.8 Å². The molecule has 1 aromatic carbocycles. The van der Waals surface area contributed by atoms with E-state index in [1.807, 2.05) is 24.3 Å². The van der Waals surface area contributed by atoms with Crippen molar-refractivity contribution in [1.29, 1.82) is 0 Å². The number of nitrogens with two attached hydrogens (primary N) is 1. The summed E-state index contributed by atoms with van der Waals surface area (Å²) in [5.41, 5.74) is 7.97. The summed E-state index contributed by atoms with van der Waals surface area (Å²) in [7, 11) is 0. The third-order valence-electron chi connectivity index (χ3n) is 3.92. The summed E-state index contributed by atoms with van der Waals surface area (Å²) in [4.78, 5) is 0. The van der Waals surface area contributed by atoms with E-state index in [-0.39, 0.29) is 0 Å². The van der Waals surface area contributed by atoms with Gasteiger partial charge in [-0.25, -0.2) is 0 Å². The van der Waals surface area contributed by atoms with Crippen LogP contribution in [0.3, 0.4) is 0 Å². The zero-order valence-electron chi connectivity index (χ0n) is 12.8. The number of hydrogen-bond donors (Lipinski definition) is 1. The molecule has 21 heavy (non-hydrogen) atoms. The molecule has 2 aromatic rings. The summed E-state index contributed by atoms with van der Waals surface area (Å²) in [6.45, 7) is 7.21. The molecule has 112 valence electrons. The second-order valence-electron chi connectivity index (χ2n) is 6.36. The lowest BCUT2D eigenvalue weighted by Gasteiger charge is -2.09. The second-order valence-corrected chi connectivity index (χ2v) is 6.36. The van der Waals surface area contributed by atoms with E-state index in [2.05, 4.69) is 25.9 Å². The van der Waals surface area contributed by atoms with Gasteiger partial charge in [-0.3, -0.25) is 0 Å². The molecular formula is C17H22N2O2. The number of anilines is 1. The minimum absolute atomic E-state index is 0.460. The molecule has 2 N–H and O–H groups in total. The van der Waals surface area contributed by atoms with Gasteiger partial charge in [0.25, 0.3) is 0 Å². The fourth-order valence-electron chi connectivity index (χ4n) is 2.53. The molecule has 1 aliphatic carbocycles. The van der Waals surface area contributed by atoms with Gasteiger partial charge in [0.2, 0.25) is 0 Å². The van der Waals surface area contributed by atoms with Gasteiger partial charge in [0, 0.05) is 5.92 Å². The number of nitrogen functional groups attached to an aromatic ring is 1. The average Bonchev–Trinajstić information content (AvgIpc) is 3.06. The Morgan fingerprint density at radius 3 is 2.57 bits per heavy atom. The lowest BCUT2D eigenvalue weighted by molar-refractivity contribution is 0.271. The molecule has 0 spiro atoms. The highest BCUT2D eigenvalue weighted by Crippen LogP contribution is 2.51. The maximum absolute atomic E-state index is 5.98. The molecule has 1 fully saturated rings. The summed E-state index contributed by atoms with van der Waals surface area (Å²) in [5, 5.41) is 3.94. The van der Waals surface area contributed by atoms with Gasteiger partial charge in [-0.15, -0.1) is 0 Å². The summed E-state index contributed by atoms with van der Waals surface area (Å²) in [6.07, 6.45) is 1.15. The Bertz CT molecular complexity index is 616. The lowest BCUT2D eigenvalue weighted by atomic mass is 10.0. The van der Waals surface area contributed by atoms with Crippen LogP contribution < -0.4 is 10.5 Å². The standard InChI is InChI=1S/C17H22N2O2/c1-10(2)9-20-13-6-4-12(5-7-13)15-16(14-8-11(14)3)21-19-17(15)18/h4-7,10-11,14H,8-9H2,1-3H3,(H2,18,19). The lowest BCUT2D eigenvalue weighted by Crippen LogP contribution is -2.04. The molecule has 0 amide bonds. The van der Waals surface area contributed by atoms with E-state index in [1.54, 1.807) is 0 Å². The number of hydrogen-bond acceptors (Lipinski definition) is 4. The quantitative estimate of drug-likeness (QED) is 0.899. The van der Waals surface area contributed by atoms with Crippen molar-refractivity contribution in [2.75, 3.05) is 12.3 Å². The zero-order chi connectivity index (χ0) is 15.0. The van der Waals surface area contributed by atoms with Gasteiger partial charge >= 0.3 is 0 Å². The van der Waals surface area contributed by atoms with Gasteiger partial charge in [0.1, 0.15) is 11.5 Å². The number of nitrogens with zero attached hydrogens (tertiary/aromatic N) is 1. The average molecular weight is 286 g/mol. The molecule has 3 rings (SSSR count). The molecule has 1 aromatic heterocycles.